The lowest BCUT2D eigenvalue weighted by Crippen LogP contribution is -2.42. The van der Waals surface area contributed by atoms with Crippen molar-refractivity contribution in [3.8, 4) is 11.3 Å². The van der Waals surface area contributed by atoms with Gasteiger partial charge in [0.25, 0.3) is 5.91 Å². The van der Waals surface area contributed by atoms with E-state index in [0.29, 0.717) is 24.7 Å². The quantitative estimate of drug-likeness (QED) is 0.640. The Morgan fingerprint density at radius 2 is 2.03 bits per heavy atom. The molecule has 1 unspecified atom stereocenters. The minimum absolute atomic E-state index is 0.0752. The zero-order valence-electron chi connectivity index (χ0n) is 15.6. The number of ether oxygens (including phenoxy) is 1. The number of nitrogens with zero attached hydrogens (tertiary/aromatic N) is 3. The number of halogens is 3. The molecule has 1 aliphatic heterocycles. The van der Waals surface area contributed by atoms with E-state index in [4.69, 9.17) is 16.3 Å². The van der Waals surface area contributed by atoms with Crippen molar-refractivity contribution in [1.82, 2.24) is 14.7 Å². The van der Waals surface area contributed by atoms with E-state index in [1.807, 2.05) is 18.2 Å². The van der Waals surface area contributed by atoms with E-state index < -0.39 is 11.6 Å². The SMILES string of the molecule is Cn1cc(C(=O)N2CCOC(c3ccccc3Cl)C2)c(-c2ccc(F)cc2F)n1. The Morgan fingerprint density at radius 3 is 2.79 bits per heavy atom. The lowest BCUT2D eigenvalue weighted by atomic mass is 10.0. The minimum atomic E-state index is -0.770. The first-order valence-electron chi connectivity index (χ1n) is 9.08. The molecule has 0 saturated carbocycles. The molecule has 1 saturated heterocycles. The fourth-order valence-electron chi connectivity index (χ4n) is 3.45. The van der Waals surface area contributed by atoms with Crippen LogP contribution >= 0.6 is 11.6 Å². The third-order valence-corrected chi connectivity index (χ3v) is 5.20. The number of rotatable bonds is 3. The molecule has 1 amide bonds. The molecule has 1 atom stereocenters. The second kappa shape index (κ2) is 7.93. The molecule has 3 aromatic rings. The highest BCUT2D eigenvalue weighted by atomic mass is 35.5. The van der Waals surface area contributed by atoms with Crippen LogP contribution in [-0.4, -0.2) is 40.3 Å². The van der Waals surface area contributed by atoms with Crippen LogP contribution in [0.5, 0.6) is 0 Å². The largest absolute Gasteiger partial charge is 0.370 e. The van der Waals surface area contributed by atoms with Crippen molar-refractivity contribution in [3.05, 3.63) is 76.4 Å². The average Bonchev–Trinajstić information content (AvgIpc) is 3.09. The summed E-state index contributed by atoms with van der Waals surface area (Å²) < 4.78 is 34.9. The van der Waals surface area contributed by atoms with Gasteiger partial charge < -0.3 is 9.64 Å². The standard InChI is InChI=1S/C21H18ClF2N3O2/c1-26-11-16(20(25-26)15-7-6-13(23)10-18(15)24)21(28)27-8-9-29-19(12-27)14-4-2-3-5-17(14)22/h2-7,10-11,19H,8-9,12H2,1H3. The Hall–Kier alpha value is -2.77. The third kappa shape index (κ3) is 3.88. The molecule has 150 valence electrons. The maximum atomic E-state index is 14.3. The van der Waals surface area contributed by atoms with Gasteiger partial charge in [-0.05, 0) is 18.2 Å². The summed E-state index contributed by atoms with van der Waals surface area (Å²) in [5.41, 5.74) is 1.31. The molecule has 5 nitrogen and oxygen atoms in total. The highest BCUT2D eigenvalue weighted by molar-refractivity contribution is 6.31. The number of aromatic nitrogens is 2. The fraction of sp³-hybridized carbons (Fsp3) is 0.238. The van der Waals surface area contributed by atoms with E-state index >= 15 is 0 Å². The number of amides is 1. The van der Waals surface area contributed by atoms with Crippen molar-refractivity contribution < 1.29 is 18.3 Å². The van der Waals surface area contributed by atoms with Crippen LogP contribution in [0.25, 0.3) is 11.3 Å². The summed E-state index contributed by atoms with van der Waals surface area (Å²) in [6, 6.07) is 10.5. The number of benzene rings is 2. The van der Waals surface area contributed by atoms with Gasteiger partial charge in [-0.15, -0.1) is 0 Å². The fourth-order valence-corrected chi connectivity index (χ4v) is 3.71. The van der Waals surface area contributed by atoms with Gasteiger partial charge in [0.1, 0.15) is 23.4 Å². The highest BCUT2D eigenvalue weighted by Gasteiger charge is 2.30. The molecule has 29 heavy (non-hydrogen) atoms. The molecule has 0 N–H and O–H groups in total. The Bertz CT molecular complexity index is 1070. The van der Waals surface area contributed by atoms with Crippen LogP contribution in [0, 0.1) is 11.6 Å². The van der Waals surface area contributed by atoms with Crippen LogP contribution in [0.15, 0.2) is 48.7 Å². The van der Waals surface area contributed by atoms with E-state index in [0.717, 1.165) is 17.7 Å². The average molecular weight is 418 g/mol. The van der Waals surface area contributed by atoms with Gasteiger partial charge in [-0.1, -0.05) is 29.8 Å². The molecule has 8 heteroatoms. The molecule has 2 heterocycles. The second-order valence-electron chi connectivity index (χ2n) is 6.82. The van der Waals surface area contributed by atoms with Crippen LogP contribution in [0.1, 0.15) is 22.0 Å². The summed E-state index contributed by atoms with van der Waals surface area (Å²) in [6.45, 7) is 1.05. The Balaban J connectivity index is 1.64. The van der Waals surface area contributed by atoms with E-state index in [1.54, 1.807) is 24.2 Å². The van der Waals surface area contributed by atoms with Crippen LogP contribution < -0.4 is 0 Å². The van der Waals surface area contributed by atoms with Crippen molar-refractivity contribution in [2.75, 3.05) is 19.7 Å². The van der Waals surface area contributed by atoms with Gasteiger partial charge in [-0.3, -0.25) is 9.48 Å². The first-order valence-corrected chi connectivity index (χ1v) is 9.46. The van der Waals surface area contributed by atoms with Crippen LogP contribution in [-0.2, 0) is 11.8 Å². The van der Waals surface area contributed by atoms with Gasteiger partial charge in [-0.2, -0.15) is 5.10 Å². The number of carbonyl (C=O) groups excluding carboxylic acids is 1. The molecule has 2 aromatic carbocycles. The lowest BCUT2D eigenvalue weighted by Gasteiger charge is -2.33. The predicted octanol–water partition coefficient (Wildman–Crippen LogP) is 4.23. The molecular weight excluding hydrogens is 400 g/mol. The van der Waals surface area contributed by atoms with Gasteiger partial charge in [0.15, 0.2) is 0 Å². The van der Waals surface area contributed by atoms with Crippen LogP contribution in [0.4, 0.5) is 8.78 Å². The number of hydrogen-bond acceptors (Lipinski definition) is 3. The monoisotopic (exact) mass is 417 g/mol. The van der Waals surface area contributed by atoms with Gasteiger partial charge in [0, 0.05) is 42.0 Å². The normalized spacial score (nSPS) is 16.8. The number of hydrogen-bond donors (Lipinski definition) is 0. The van der Waals surface area contributed by atoms with Gasteiger partial charge >= 0.3 is 0 Å². The molecule has 0 bridgehead atoms. The maximum Gasteiger partial charge on any atom is 0.257 e. The molecule has 1 fully saturated rings. The molecule has 4 rings (SSSR count). The van der Waals surface area contributed by atoms with E-state index in [2.05, 4.69) is 5.10 Å². The third-order valence-electron chi connectivity index (χ3n) is 4.85. The lowest BCUT2D eigenvalue weighted by molar-refractivity contribution is -0.0227. The van der Waals surface area contributed by atoms with Gasteiger partial charge in [0.2, 0.25) is 0 Å². The molecule has 0 radical (unpaired) electrons. The second-order valence-corrected chi connectivity index (χ2v) is 7.23. The molecule has 1 aromatic heterocycles. The highest BCUT2D eigenvalue weighted by Crippen LogP contribution is 2.31. The van der Waals surface area contributed by atoms with Gasteiger partial charge in [0.05, 0.1) is 18.7 Å². The van der Waals surface area contributed by atoms with Crippen LogP contribution in [0.2, 0.25) is 5.02 Å². The van der Waals surface area contributed by atoms with E-state index in [1.165, 1.54) is 10.7 Å². The zero-order chi connectivity index (χ0) is 20.5. The summed E-state index contributed by atoms with van der Waals surface area (Å²) >= 11 is 6.27. The summed E-state index contributed by atoms with van der Waals surface area (Å²) in [5, 5.41) is 4.80. The van der Waals surface area contributed by atoms with Crippen molar-refractivity contribution in [1.29, 1.82) is 0 Å². The predicted molar refractivity (Wildman–Crippen MR) is 105 cm³/mol. The number of morpholine rings is 1. The number of aryl methyl sites for hydroxylation is 1. The Morgan fingerprint density at radius 1 is 1.24 bits per heavy atom. The minimum Gasteiger partial charge on any atom is -0.370 e. The van der Waals surface area contributed by atoms with E-state index in [-0.39, 0.29) is 28.8 Å². The Kier molecular flexibility index (Phi) is 5.34. The van der Waals surface area contributed by atoms with E-state index in [9.17, 15) is 13.6 Å². The molecule has 0 spiro atoms. The maximum absolute atomic E-state index is 14.3. The molecule has 1 aliphatic rings. The Labute approximate surface area is 171 Å². The number of carbonyl (C=O) groups is 1. The topological polar surface area (TPSA) is 47.4 Å². The first-order chi connectivity index (χ1) is 13.9. The summed E-state index contributed by atoms with van der Waals surface area (Å²) in [6.07, 6.45) is 1.18. The summed E-state index contributed by atoms with van der Waals surface area (Å²) in [4.78, 5) is 14.9. The zero-order valence-corrected chi connectivity index (χ0v) is 16.4. The van der Waals surface area contributed by atoms with Crippen molar-refractivity contribution in [2.24, 2.45) is 7.05 Å². The first kappa shape index (κ1) is 19.5. The smallest absolute Gasteiger partial charge is 0.257 e. The molecule has 0 aliphatic carbocycles. The van der Waals surface area contributed by atoms with Gasteiger partial charge in [-0.25, -0.2) is 8.78 Å². The molecular formula is C21H18ClF2N3O2. The van der Waals surface area contributed by atoms with Crippen LogP contribution in [0.3, 0.4) is 0 Å². The summed E-state index contributed by atoms with van der Waals surface area (Å²) in [5.74, 6) is -1.75. The van der Waals surface area contributed by atoms with Crippen molar-refractivity contribution in [2.45, 2.75) is 6.10 Å². The van der Waals surface area contributed by atoms with Crippen molar-refractivity contribution >= 4 is 17.5 Å². The summed E-state index contributed by atoms with van der Waals surface area (Å²) in [7, 11) is 1.65. The van der Waals surface area contributed by atoms with Crippen molar-refractivity contribution in [3.63, 3.8) is 0 Å².